The van der Waals surface area contributed by atoms with Crippen LogP contribution >= 0.6 is 0 Å². The number of carbonyl (C=O) groups excluding carboxylic acids is 1. The fourth-order valence-electron chi connectivity index (χ4n) is 2.09. The standard InChI is InChI=1S/C19H18F3NO5/c1-12-7-8-13(9-14(12)28-15(11-25-2)18(24)26-3)10-27-17-6-4-5-16(23-17)19(20,21)22/h4-9,11H,10H2,1-3H3/b15-11-. The Labute approximate surface area is 159 Å². The number of aromatic nitrogens is 1. The minimum absolute atomic E-state index is 0.0491. The van der Waals surface area contributed by atoms with Crippen molar-refractivity contribution in [1.29, 1.82) is 0 Å². The molecule has 0 aliphatic heterocycles. The number of halogens is 3. The zero-order valence-electron chi connectivity index (χ0n) is 15.4. The summed E-state index contributed by atoms with van der Waals surface area (Å²) in [5.74, 6) is -0.707. The largest absolute Gasteiger partial charge is 0.500 e. The Kier molecular flexibility index (Phi) is 6.86. The van der Waals surface area contributed by atoms with Gasteiger partial charge in [-0.2, -0.15) is 13.2 Å². The van der Waals surface area contributed by atoms with Crippen molar-refractivity contribution in [2.75, 3.05) is 14.2 Å². The predicted octanol–water partition coefficient (Wildman–Crippen LogP) is 4.03. The van der Waals surface area contributed by atoms with Crippen LogP contribution in [0.4, 0.5) is 13.2 Å². The molecule has 2 rings (SSSR count). The number of alkyl halides is 3. The van der Waals surface area contributed by atoms with Gasteiger partial charge >= 0.3 is 12.1 Å². The number of aryl methyl sites for hydroxylation is 1. The molecule has 2 aromatic rings. The summed E-state index contributed by atoms with van der Waals surface area (Å²) in [5, 5.41) is 0. The first-order chi connectivity index (χ1) is 13.2. The number of rotatable bonds is 7. The highest BCUT2D eigenvalue weighted by Gasteiger charge is 2.32. The van der Waals surface area contributed by atoms with Gasteiger partial charge in [-0.25, -0.2) is 9.78 Å². The first-order valence-electron chi connectivity index (χ1n) is 8.00. The van der Waals surface area contributed by atoms with Crippen LogP contribution < -0.4 is 9.47 Å². The van der Waals surface area contributed by atoms with E-state index in [1.165, 1.54) is 26.4 Å². The second-order valence-corrected chi connectivity index (χ2v) is 5.56. The smallest absolute Gasteiger partial charge is 0.433 e. The van der Waals surface area contributed by atoms with Crippen molar-refractivity contribution in [3.05, 3.63) is 65.2 Å². The van der Waals surface area contributed by atoms with Gasteiger partial charge in [0.1, 0.15) is 24.3 Å². The highest BCUT2D eigenvalue weighted by Crippen LogP contribution is 2.29. The number of carbonyl (C=O) groups is 1. The molecule has 0 atom stereocenters. The average molecular weight is 397 g/mol. The van der Waals surface area contributed by atoms with Crippen molar-refractivity contribution in [2.45, 2.75) is 19.7 Å². The minimum atomic E-state index is -4.55. The van der Waals surface area contributed by atoms with E-state index in [-0.39, 0.29) is 18.2 Å². The van der Waals surface area contributed by atoms with Crippen LogP contribution in [0.3, 0.4) is 0 Å². The fraction of sp³-hybridized carbons (Fsp3) is 0.263. The second-order valence-electron chi connectivity index (χ2n) is 5.56. The maximum atomic E-state index is 12.7. The summed E-state index contributed by atoms with van der Waals surface area (Å²) < 4.78 is 58.5. The maximum Gasteiger partial charge on any atom is 0.433 e. The molecule has 0 aliphatic carbocycles. The van der Waals surface area contributed by atoms with Gasteiger partial charge < -0.3 is 18.9 Å². The lowest BCUT2D eigenvalue weighted by molar-refractivity contribution is -0.141. The molecule has 1 aromatic carbocycles. The monoisotopic (exact) mass is 397 g/mol. The molecule has 0 fully saturated rings. The highest BCUT2D eigenvalue weighted by atomic mass is 19.4. The summed E-state index contributed by atoms with van der Waals surface area (Å²) in [6.45, 7) is 1.71. The van der Waals surface area contributed by atoms with Crippen LogP contribution in [0.1, 0.15) is 16.8 Å². The molecule has 0 aliphatic rings. The third kappa shape index (κ3) is 5.63. The van der Waals surface area contributed by atoms with Crippen molar-refractivity contribution < 1.29 is 36.9 Å². The average Bonchev–Trinajstić information content (AvgIpc) is 2.67. The Morgan fingerprint density at radius 3 is 2.57 bits per heavy atom. The van der Waals surface area contributed by atoms with Crippen molar-refractivity contribution in [1.82, 2.24) is 4.98 Å². The molecule has 0 spiro atoms. The number of esters is 1. The van der Waals surface area contributed by atoms with Gasteiger partial charge in [0, 0.05) is 6.07 Å². The van der Waals surface area contributed by atoms with E-state index in [1.54, 1.807) is 25.1 Å². The van der Waals surface area contributed by atoms with Gasteiger partial charge in [-0.1, -0.05) is 18.2 Å². The van der Waals surface area contributed by atoms with Crippen molar-refractivity contribution in [3.8, 4) is 11.6 Å². The molecule has 9 heteroatoms. The lowest BCUT2D eigenvalue weighted by atomic mass is 10.1. The first kappa shape index (κ1) is 21.1. The van der Waals surface area contributed by atoms with E-state index in [2.05, 4.69) is 9.72 Å². The molecule has 0 saturated carbocycles. The molecule has 6 nitrogen and oxygen atoms in total. The van der Waals surface area contributed by atoms with Crippen LogP contribution in [-0.2, 0) is 27.1 Å². The summed E-state index contributed by atoms with van der Waals surface area (Å²) in [6.07, 6.45) is -3.46. The lowest BCUT2D eigenvalue weighted by Crippen LogP contribution is -2.12. The topological polar surface area (TPSA) is 66.9 Å². The van der Waals surface area contributed by atoms with Gasteiger partial charge in [-0.15, -0.1) is 0 Å². The first-order valence-corrected chi connectivity index (χ1v) is 8.00. The number of hydrogen-bond donors (Lipinski definition) is 0. The quantitative estimate of drug-likeness (QED) is 0.399. The number of ether oxygens (including phenoxy) is 4. The molecular weight excluding hydrogens is 379 g/mol. The second kappa shape index (κ2) is 9.12. The lowest BCUT2D eigenvalue weighted by Gasteiger charge is -2.13. The van der Waals surface area contributed by atoms with Crippen molar-refractivity contribution in [3.63, 3.8) is 0 Å². The van der Waals surface area contributed by atoms with E-state index in [0.29, 0.717) is 16.9 Å². The molecule has 0 radical (unpaired) electrons. The number of pyridine rings is 1. The van der Waals surface area contributed by atoms with Gasteiger partial charge in [0.2, 0.25) is 11.6 Å². The normalized spacial score (nSPS) is 11.7. The van der Waals surface area contributed by atoms with Crippen LogP contribution in [0.5, 0.6) is 11.6 Å². The van der Waals surface area contributed by atoms with Gasteiger partial charge in [-0.05, 0) is 30.2 Å². The van der Waals surface area contributed by atoms with E-state index >= 15 is 0 Å². The summed E-state index contributed by atoms with van der Waals surface area (Å²) >= 11 is 0. The van der Waals surface area contributed by atoms with E-state index in [0.717, 1.165) is 12.3 Å². The Balaban J connectivity index is 2.15. The third-order valence-electron chi connectivity index (χ3n) is 3.48. The summed E-state index contributed by atoms with van der Waals surface area (Å²) in [5.41, 5.74) is 0.277. The van der Waals surface area contributed by atoms with Crippen LogP contribution in [0.2, 0.25) is 0 Å². The molecule has 0 amide bonds. The molecule has 1 aromatic heterocycles. The molecule has 28 heavy (non-hydrogen) atoms. The Hall–Kier alpha value is -3.23. The van der Waals surface area contributed by atoms with Crippen LogP contribution in [-0.4, -0.2) is 25.2 Å². The zero-order valence-corrected chi connectivity index (χ0v) is 15.4. The highest BCUT2D eigenvalue weighted by molar-refractivity contribution is 5.86. The Bertz CT molecular complexity index is 865. The maximum absolute atomic E-state index is 12.7. The molecule has 0 bridgehead atoms. The summed E-state index contributed by atoms with van der Waals surface area (Å²) in [7, 11) is 2.56. The Morgan fingerprint density at radius 2 is 1.93 bits per heavy atom. The minimum Gasteiger partial charge on any atom is -0.500 e. The number of nitrogens with zero attached hydrogens (tertiary/aromatic N) is 1. The van der Waals surface area contributed by atoms with E-state index in [4.69, 9.17) is 14.2 Å². The predicted molar refractivity (Wildman–Crippen MR) is 92.5 cm³/mol. The summed E-state index contributed by atoms with van der Waals surface area (Å²) in [4.78, 5) is 15.1. The van der Waals surface area contributed by atoms with Crippen LogP contribution in [0.25, 0.3) is 0 Å². The van der Waals surface area contributed by atoms with Crippen LogP contribution in [0, 0.1) is 6.92 Å². The van der Waals surface area contributed by atoms with E-state index < -0.39 is 17.8 Å². The van der Waals surface area contributed by atoms with Crippen molar-refractivity contribution >= 4 is 5.97 Å². The number of hydrogen-bond acceptors (Lipinski definition) is 6. The SMILES string of the molecule is CO/C=C(\Oc1cc(COc2cccc(C(F)(F)F)n2)ccc1C)C(=O)OC. The van der Waals surface area contributed by atoms with E-state index in [9.17, 15) is 18.0 Å². The molecule has 150 valence electrons. The van der Waals surface area contributed by atoms with Crippen LogP contribution in [0.15, 0.2) is 48.4 Å². The molecule has 1 heterocycles. The Morgan fingerprint density at radius 1 is 1.18 bits per heavy atom. The fourth-order valence-corrected chi connectivity index (χ4v) is 2.09. The number of benzene rings is 1. The van der Waals surface area contributed by atoms with E-state index in [1.807, 2.05) is 0 Å². The zero-order chi connectivity index (χ0) is 20.7. The van der Waals surface area contributed by atoms with Crippen molar-refractivity contribution in [2.24, 2.45) is 0 Å². The third-order valence-corrected chi connectivity index (χ3v) is 3.48. The molecule has 0 N–H and O–H groups in total. The summed E-state index contributed by atoms with van der Waals surface area (Å²) in [6, 6.07) is 8.43. The molecule has 0 unspecified atom stereocenters. The van der Waals surface area contributed by atoms with Gasteiger partial charge in [-0.3, -0.25) is 0 Å². The number of methoxy groups -OCH3 is 2. The van der Waals surface area contributed by atoms with Gasteiger partial charge in [0.15, 0.2) is 0 Å². The van der Waals surface area contributed by atoms with Gasteiger partial charge in [0.05, 0.1) is 14.2 Å². The van der Waals surface area contributed by atoms with Gasteiger partial charge in [0.25, 0.3) is 0 Å². The molecule has 0 saturated heterocycles. The molecular formula is C19H18F3NO5.